The van der Waals surface area contributed by atoms with Crippen molar-refractivity contribution in [1.29, 1.82) is 0 Å². The predicted molar refractivity (Wildman–Crippen MR) is 93.3 cm³/mol. The van der Waals surface area contributed by atoms with Crippen molar-refractivity contribution in [1.82, 2.24) is 0 Å². The normalized spacial score (nSPS) is 10.4. The van der Waals surface area contributed by atoms with Gasteiger partial charge >= 0.3 is 5.97 Å². The van der Waals surface area contributed by atoms with Gasteiger partial charge in [0.1, 0.15) is 11.5 Å². The van der Waals surface area contributed by atoms with Crippen LogP contribution in [0.1, 0.15) is 33.5 Å². The molecule has 0 aromatic heterocycles. The van der Waals surface area contributed by atoms with Gasteiger partial charge in [-0.1, -0.05) is 24.3 Å². The summed E-state index contributed by atoms with van der Waals surface area (Å²) in [5, 5.41) is 8.73. The fraction of sp³-hybridized carbons (Fsp3) is 0.263. The zero-order chi connectivity index (χ0) is 18.4. The molecular formula is C19H21NO5. The molecular weight excluding hydrogens is 322 g/mol. The number of rotatable bonds is 8. The van der Waals surface area contributed by atoms with Gasteiger partial charge in [-0.25, -0.2) is 0 Å². The van der Waals surface area contributed by atoms with Gasteiger partial charge in [-0.15, -0.1) is 0 Å². The van der Waals surface area contributed by atoms with Gasteiger partial charge in [0.2, 0.25) is 0 Å². The minimum atomic E-state index is -0.850. The Hall–Kier alpha value is -2.86. The van der Waals surface area contributed by atoms with E-state index in [9.17, 15) is 9.59 Å². The summed E-state index contributed by atoms with van der Waals surface area (Å²) in [6, 6.07) is 10.2. The minimum absolute atomic E-state index is 0.0544. The second-order valence-electron chi connectivity index (χ2n) is 5.49. The Balaban J connectivity index is 2.32. The number of aryl methyl sites for hydroxylation is 1. The number of carboxylic acids is 1. The van der Waals surface area contributed by atoms with Crippen molar-refractivity contribution in [2.75, 3.05) is 14.2 Å². The van der Waals surface area contributed by atoms with E-state index in [2.05, 4.69) is 0 Å². The van der Waals surface area contributed by atoms with Crippen molar-refractivity contribution in [3.8, 4) is 11.5 Å². The molecule has 6 heteroatoms. The van der Waals surface area contributed by atoms with Crippen LogP contribution in [-0.4, -0.2) is 31.1 Å². The van der Waals surface area contributed by atoms with Crippen LogP contribution in [0.3, 0.4) is 0 Å². The molecule has 0 heterocycles. The molecule has 25 heavy (non-hydrogen) atoms. The molecule has 6 nitrogen and oxygen atoms in total. The summed E-state index contributed by atoms with van der Waals surface area (Å²) in [6.07, 6.45) is 0.477. The lowest BCUT2D eigenvalue weighted by molar-refractivity contribution is -0.136. The highest BCUT2D eigenvalue weighted by Crippen LogP contribution is 2.30. The van der Waals surface area contributed by atoms with Gasteiger partial charge < -0.3 is 20.3 Å². The highest BCUT2D eigenvalue weighted by molar-refractivity contribution is 6.11. The van der Waals surface area contributed by atoms with Gasteiger partial charge in [-0.2, -0.15) is 0 Å². The van der Waals surface area contributed by atoms with Crippen LogP contribution in [0.5, 0.6) is 11.5 Å². The minimum Gasteiger partial charge on any atom is -0.496 e. The molecule has 0 fully saturated rings. The molecule has 2 aromatic rings. The van der Waals surface area contributed by atoms with Crippen LogP contribution in [0.2, 0.25) is 0 Å². The molecule has 2 rings (SSSR count). The highest BCUT2D eigenvalue weighted by Gasteiger charge is 2.18. The first-order chi connectivity index (χ1) is 12.0. The number of ketones is 1. The highest BCUT2D eigenvalue weighted by atomic mass is 16.5. The average molecular weight is 343 g/mol. The van der Waals surface area contributed by atoms with Crippen molar-refractivity contribution in [2.24, 2.45) is 5.73 Å². The fourth-order valence-corrected chi connectivity index (χ4v) is 2.53. The van der Waals surface area contributed by atoms with Crippen molar-refractivity contribution >= 4 is 11.8 Å². The first-order valence-electron chi connectivity index (χ1n) is 7.80. The second kappa shape index (κ2) is 8.30. The standard InChI is InChI=1S/C19H21NO5/c1-24-16-10-15(17(25-2)9-14(16)11-20)19(23)13-6-3-12(4-7-13)5-8-18(21)22/h3-4,6-7,9-10H,5,8,11,20H2,1-2H3,(H,21,22). The summed E-state index contributed by atoms with van der Waals surface area (Å²) in [7, 11) is 3.01. The maximum absolute atomic E-state index is 12.8. The van der Waals surface area contributed by atoms with E-state index >= 15 is 0 Å². The van der Waals surface area contributed by atoms with E-state index in [1.165, 1.54) is 14.2 Å². The number of aliphatic carboxylic acids is 1. The molecule has 0 aliphatic heterocycles. The SMILES string of the molecule is COc1cc(C(=O)c2ccc(CCC(=O)O)cc2)c(OC)cc1CN. The zero-order valence-corrected chi connectivity index (χ0v) is 14.2. The molecule has 0 aliphatic rings. The van der Waals surface area contributed by atoms with Crippen LogP contribution < -0.4 is 15.2 Å². The summed E-state index contributed by atoms with van der Waals surface area (Å²) in [4.78, 5) is 23.4. The lowest BCUT2D eigenvalue weighted by atomic mass is 9.98. The molecule has 132 valence electrons. The van der Waals surface area contributed by atoms with E-state index < -0.39 is 5.97 Å². The second-order valence-corrected chi connectivity index (χ2v) is 5.49. The summed E-state index contributed by atoms with van der Waals surface area (Å²) in [5.41, 5.74) is 8.17. The first kappa shape index (κ1) is 18.5. The fourth-order valence-electron chi connectivity index (χ4n) is 2.53. The molecule has 0 saturated carbocycles. The molecule has 0 saturated heterocycles. The number of hydrogen-bond donors (Lipinski definition) is 2. The molecule has 0 spiro atoms. The van der Waals surface area contributed by atoms with Crippen LogP contribution >= 0.6 is 0 Å². The average Bonchev–Trinajstić information content (AvgIpc) is 2.64. The third kappa shape index (κ3) is 4.36. The van der Waals surface area contributed by atoms with Crippen molar-refractivity contribution < 1.29 is 24.2 Å². The summed E-state index contributed by atoms with van der Waals surface area (Å²) in [5.74, 6) is -0.0913. The summed E-state index contributed by atoms with van der Waals surface area (Å²) < 4.78 is 10.6. The molecule has 3 N–H and O–H groups in total. The maximum Gasteiger partial charge on any atom is 0.303 e. The number of carbonyl (C=O) groups excluding carboxylic acids is 1. The number of carbonyl (C=O) groups is 2. The third-order valence-corrected chi connectivity index (χ3v) is 3.91. The lowest BCUT2D eigenvalue weighted by Crippen LogP contribution is -2.08. The van der Waals surface area contributed by atoms with E-state index in [1.807, 2.05) is 0 Å². The molecule has 0 unspecified atom stereocenters. The van der Waals surface area contributed by atoms with Crippen LogP contribution in [-0.2, 0) is 17.8 Å². The molecule has 0 radical (unpaired) electrons. The number of ether oxygens (including phenoxy) is 2. The Morgan fingerprint density at radius 1 is 1.04 bits per heavy atom. The summed E-state index contributed by atoms with van der Waals surface area (Å²) in [6.45, 7) is 0.270. The summed E-state index contributed by atoms with van der Waals surface area (Å²) >= 11 is 0. The van der Waals surface area contributed by atoms with Crippen molar-refractivity contribution in [3.63, 3.8) is 0 Å². The molecule has 2 aromatic carbocycles. The largest absolute Gasteiger partial charge is 0.496 e. The number of nitrogens with two attached hydrogens (primary N) is 1. The maximum atomic E-state index is 12.8. The van der Waals surface area contributed by atoms with E-state index in [4.69, 9.17) is 20.3 Å². The van der Waals surface area contributed by atoms with Crippen LogP contribution in [0.25, 0.3) is 0 Å². The quantitative estimate of drug-likeness (QED) is 0.714. The van der Waals surface area contributed by atoms with Gasteiger partial charge in [0, 0.05) is 24.1 Å². The number of hydrogen-bond acceptors (Lipinski definition) is 5. The third-order valence-electron chi connectivity index (χ3n) is 3.91. The van der Waals surface area contributed by atoms with E-state index in [1.54, 1.807) is 36.4 Å². The molecule has 0 amide bonds. The number of benzene rings is 2. The zero-order valence-electron chi connectivity index (χ0n) is 14.2. The van der Waals surface area contributed by atoms with Gasteiger partial charge in [0.05, 0.1) is 19.8 Å². The Morgan fingerprint density at radius 2 is 1.68 bits per heavy atom. The topological polar surface area (TPSA) is 98.9 Å². The van der Waals surface area contributed by atoms with E-state index in [0.29, 0.717) is 29.0 Å². The smallest absolute Gasteiger partial charge is 0.303 e. The Labute approximate surface area is 146 Å². The monoisotopic (exact) mass is 343 g/mol. The van der Waals surface area contributed by atoms with Crippen molar-refractivity contribution in [3.05, 3.63) is 58.7 Å². The van der Waals surface area contributed by atoms with E-state index in [-0.39, 0.29) is 18.7 Å². The van der Waals surface area contributed by atoms with Gasteiger partial charge in [0.25, 0.3) is 0 Å². The number of methoxy groups -OCH3 is 2. The first-order valence-corrected chi connectivity index (χ1v) is 7.80. The number of carboxylic acid groups (broad SMARTS) is 1. The molecule has 0 bridgehead atoms. The molecule has 0 aliphatic carbocycles. The van der Waals surface area contributed by atoms with Gasteiger partial charge in [0.15, 0.2) is 5.78 Å². The van der Waals surface area contributed by atoms with Crippen LogP contribution in [0.15, 0.2) is 36.4 Å². The Morgan fingerprint density at radius 3 is 2.20 bits per heavy atom. The van der Waals surface area contributed by atoms with Gasteiger partial charge in [-0.05, 0) is 24.1 Å². The lowest BCUT2D eigenvalue weighted by Gasteiger charge is -2.13. The Bertz CT molecular complexity index is 768. The predicted octanol–water partition coefficient (Wildman–Crippen LogP) is 2.41. The molecule has 0 atom stereocenters. The van der Waals surface area contributed by atoms with Crippen LogP contribution in [0, 0.1) is 0 Å². The van der Waals surface area contributed by atoms with Crippen molar-refractivity contribution in [2.45, 2.75) is 19.4 Å². The van der Waals surface area contributed by atoms with Crippen LogP contribution in [0.4, 0.5) is 0 Å². The Kier molecular flexibility index (Phi) is 6.14. The van der Waals surface area contributed by atoms with Gasteiger partial charge in [-0.3, -0.25) is 9.59 Å². The van der Waals surface area contributed by atoms with E-state index in [0.717, 1.165) is 11.1 Å².